The van der Waals surface area contributed by atoms with E-state index in [2.05, 4.69) is 15.9 Å². The highest BCUT2D eigenvalue weighted by atomic mass is 79.9. The predicted octanol–water partition coefficient (Wildman–Crippen LogP) is 5.26. The molecule has 0 amide bonds. The lowest BCUT2D eigenvalue weighted by molar-refractivity contribution is -0.384. The van der Waals surface area contributed by atoms with Crippen LogP contribution in [0.3, 0.4) is 0 Å². The highest BCUT2D eigenvalue weighted by Gasteiger charge is 2.26. The number of hydrogen-bond acceptors (Lipinski definition) is 4. The van der Waals surface area contributed by atoms with Crippen molar-refractivity contribution in [3.8, 4) is 16.9 Å². The van der Waals surface area contributed by atoms with Crippen LogP contribution in [0.5, 0.6) is 5.75 Å². The molecule has 0 aromatic heterocycles. The fourth-order valence-corrected chi connectivity index (χ4v) is 3.36. The zero-order chi connectivity index (χ0) is 18.7. The normalized spacial score (nSPS) is 10.4. The zero-order valence-corrected chi connectivity index (χ0v) is 15.4. The van der Waals surface area contributed by atoms with E-state index >= 15 is 0 Å². The van der Waals surface area contributed by atoms with Crippen molar-refractivity contribution in [3.05, 3.63) is 92.4 Å². The van der Waals surface area contributed by atoms with Gasteiger partial charge in [-0.05, 0) is 28.1 Å². The molecule has 3 aromatic carbocycles. The van der Waals surface area contributed by atoms with Gasteiger partial charge in [0.25, 0.3) is 5.69 Å². The molecule has 3 aromatic rings. The maximum Gasteiger partial charge on any atom is 0.278 e. The Bertz CT molecular complexity index is 986. The molecule has 0 atom stereocenters. The van der Waals surface area contributed by atoms with E-state index in [1.807, 2.05) is 6.07 Å². The minimum atomic E-state index is -0.469. The second kappa shape index (κ2) is 7.49. The summed E-state index contributed by atoms with van der Waals surface area (Å²) in [6.45, 7) is 0. The number of halogens is 1. The molecule has 0 N–H and O–H groups in total. The number of nitrogens with zero attached hydrogens (tertiary/aromatic N) is 1. The van der Waals surface area contributed by atoms with E-state index in [1.54, 1.807) is 54.6 Å². The fourth-order valence-electron chi connectivity index (χ4n) is 2.81. The number of ketones is 1. The summed E-state index contributed by atoms with van der Waals surface area (Å²) in [5.74, 6) is 0.159. The Hall–Kier alpha value is -2.99. The number of carbonyl (C=O) groups is 1. The van der Waals surface area contributed by atoms with Gasteiger partial charge in [0.15, 0.2) is 5.78 Å². The molecule has 0 heterocycles. The number of ether oxygens (including phenoxy) is 1. The number of rotatable bonds is 5. The second-order valence-corrected chi connectivity index (χ2v) is 6.32. The number of methoxy groups -OCH3 is 1. The van der Waals surface area contributed by atoms with E-state index in [9.17, 15) is 14.9 Å². The highest BCUT2D eigenvalue weighted by Crippen LogP contribution is 2.43. The fraction of sp³-hybridized carbons (Fsp3) is 0.0500. The molecular formula is C20H14BrNO4. The van der Waals surface area contributed by atoms with Crippen LogP contribution in [0.4, 0.5) is 5.69 Å². The van der Waals surface area contributed by atoms with Crippen molar-refractivity contribution in [3.63, 3.8) is 0 Å². The lowest BCUT2D eigenvalue weighted by Crippen LogP contribution is -2.06. The van der Waals surface area contributed by atoms with Gasteiger partial charge in [0.2, 0.25) is 0 Å². The number of hydrogen-bond donors (Lipinski definition) is 0. The van der Waals surface area contributed by atoms with Crippen LogP contribution in [-0.2, 0) is 0 Å². The maximum absolute atomic E-state index is 13.1. The lowest BCUT2D eigenvalue weighted by Gasteiger charge is -2.15. The van der Waals surface area contributed by atoms with Gasteiger partial charge in [0, 0.05) is 27.2 Å². The third-order valence-corrected chi connectivity index (χ3v) is 4.63. The molecule has 0 aliphatic carbocycles. The van der Waals surface area contributed by atoms with Gasteiger partial charge >= 0.3 is 0 Å². The first-order valence-electron chi connectivity index (χ1n) is 7.74. The SMILES string of the molecule is COc1cccc(C(=O)c2ccccc2)c1-c1c(Br)cccc1[N+](=O)[O-]. The van der Waals surface area contributed by atoms with E-state index in [1.165, 1.54) is 13.2 Å². The monoisotopic (exact) mass is 411 g/mol. The molecule has 3 rings (SSSR count). The summed E-state index contributed by atoms with van der Waals surface area (Å²) in [6, 6.07) is 18.5. The summed E-state index contributed by atoms with van der Waals surface area (Å²) in [7, 11) is 1.47. The van der Waals surface area contributed by atoms with Crippen molar-refractivity contribution in [2.45, 2.75) is 0 Å². The first kappa shape index (κ1) is 17.8. The first-order valence-corrected chi connectivity index (χ1v) is 8.54. The first-order chi connectivity index (χ1) is 12.5. The number of nitro groups is 1. The molecule has 130 valence electrons. The molecule has 26 heavy (non-hydrogen) atoms. The van der Waals surface area contributed by atoms with Crippen LogP contribution >= 0.6 is 15.9 Å². The van der Waals surface area contributed by atoms with Gasteiger partial charge in [0.05, 0.1) is 17.6 Å². The van der Waals surface area contributed by atoms with E-state index in [4.69, 9.17) is 4.74 Å². The van der Waals surface area contributed by atoms with E-state index in [0.29, 0.717) is 32.5 Å². The summed E-state index contributed by atoms with van der Waals surface area (Å²) in [6.07, 6.45) is 0. The standard InChI is InChI=1S/C20H14BrNO4/c1-26-17-12-5-9-14(20(23)13-7-3-2-4-8-13)18(17)19-15(21)10-6-11-16(19)22(24)25/h2-12H,1H3. The third kappa shape index (κ3) is 3.23. The van der Waals surface area contributed by atoms with Crippen molar-refractivity contribution in [1.82, 2.24) is 0 Å². The maximum atomic E-state index is 13.1. The molecule has 0 radical (unpaired) electrons. The molecule has 0 saturated heterocycles. The average Bonchev–Trinajstić information content (AvgIpc) is 2.67. The Morgan fingerprint density at radius 2 is 1.65 bits per heavy atom. The summed E-state index contributed by atoms with van der Waals surface area (Å²) in [5.41, 5.74) is 1.44. The third-order valence-electron chi connectivity index (χ3n) is 3.97. The van der Waals surface area contributed by atoms with Crippen molar-refractivity contribution in [2.24, 2.45) is 0 Å². The Balaban J connectivity index is 2.33. The summed E-state index contributed by atoms with van der Waals surface area (Å²) in [5, 5.41) is 11.6. The van der Waals surface area contributed by atoms with Crippen LogP contribution in [0, 0.1) is 10.1 Å². The van der Waals surface area contributed by atoms with E-state index < -0.39 is 4.92 Å². The Morgan fingerprint density at radius 3 is 2.31 bits per heavy atom. The van der Waals surface area contributed by atoms with Crippen molar-refractivity contribution in [1.29, 1.82) is 0 Å². The molecule has 0 unspecified atom stereocenters. The van der Waals surface area contributed by atoms with Gasteiger partial charge < -0.3 is 4.74 Å². The molecule has 6 heteroatoms. The Morgan fingerprint density at radius 1 is 0.962 bits per heavy atom. The van der Waals surface area contributed by atoms with Crippen molar-refractivity contribution < 1.29 is 14.5 Å². The van der Waals surface area contributed by atoms with E-state index in [0.717, 1.165) is 0 Å². The minimum Gasteiger partial charge on any atom is -0.496 e. The molecule has 0 aliphatic heterocycles. The summed E-state index contributed by atoms with van der Waals surface area (Å²) < 4.78 is 5.93. The topological polar surface area (TPSA) is 69.4 Å². The minimum absolute atomic E-state index is 0.106. The Labute approximate surface area is 158 Å². The van der Waals surface area contributed by atoms with Crippen LogP contribution in [0.1, 0.15) is 15.9 Å². The van der Waals surface area contributed by atoms with Crippen LogP contribution in [0.15, 0.2) is 71.2 Å². The zero-order valence-electron chi connectivity index (χ0n) is 13.8. The average molecular weight is 412 g/mol. The molecular weight excluding hydrogens is 398 g/mol. The smallest absolute Gasteiger partial charge is 0.278 e. The van der Waals surface area contributed by atoms with Gasteiger partial charge in [-0.3, -0.25) is 14.9 Å². The highest BCUT2D eigenvalue weighted by molar-refractivity contribution is 9.10. The molecule has 0 bridgehead atoms. The Kier molecular flexibility index (Phi) is 5.14. The largest absolute Gasteiger partial charge is 0.496 e. The van der Waals surface area contributed by atoms with Gasteiger partial charge in [0.1, 0.15) is 5.75 Å². The van der Waals surface area contributed by atoms with Gasteiger partial charge in [-0.15, -0.1) is 0 Å². The van der Waals surface area contributed by atoms with Crippen LogP contribution in [-0.4, -0.2) is 17.8 Å². The molecule has 0 aliphatic rings. The van der Waals surface area contributed by atoms with Crippen molar-refractivity contribution in [2.75, 3.05) is 7.11 Å². The predicted molar refractivity (Wildman–Crippen MR) is 103 cm³/mol. The molecule has 5 nitrogen and oxygen atoms in total. The lowest BCUT2D eigenvalue weighted by atomic mass is 9.92. The molecule has 0 saturated carbocycles. The number of carbonyl (C=O) groups excluding carboxylic acids is 1. The second-order valence-electron chi connectivity index (χ2n) is 5.47. The van der Waals surface area contributed by atoms with Gasteiger partial charge in [-0.1, -0.05) is 48.5 Å². The summed E-state index contributed by atoms with van der Waals surface area (Å²) in [4.78, 5) is 24.1. The van der Waals surface area contributed by atoms with Gasteiger partial charge in [-0.25, -0.2) is 0 Å². The number of nitro benzene ring substituents is 1. The van der Waals surface area contributed by atoms with Crippen LogP contribution in [0.2, 0.25) is 0 Å². The molecule has 0 fully saturated rings. The van der Waals surface area contributed by atoms with Crippen LogP contribution < -0.4 is 4.74 Å². The quantitative estimate of drug-likeness (QED) is 0.326. The summed E-state index contributed by atoms with van der Waals surface area (Å²) >= 11 is 3.38. The molecule has 0 spiro atoms. The van der Waals surface area contributed by atoms with Gasteiger partial charge in [-0.2, -0.15) is 0 Å². The van der Waals surface area contributed by atoms with Crippen LogP contribution in [0.25, 0.3) is 11.1 Å². The van der Waals surface area contributed by atoms with Crippen molar-refractivity contribution >= 4 is 27.4 Å². The number of benzene rings is 3. The van der Waals surface area contributed by atoms with E-state index in [-0.39, 0.29) is 11.5 Å².